The molecule has 1 aliphatic carbocycles. The van der Waals surface area contributed by atoms with Crippen molar-refractivity contribution in [3.05, 3.63) is 27.7 Å². The first kappa shape index (κ1) is 16.3. The lowest BCUT2D eigenvalue weighted by atomic mass is 9.89. The molecule has 3 aromatic heterocycles. The normalized spacial score (nSPS) is 15.9. The third-order valence-electron chi connectivity index (χ3n) is 3.95. The van der Waals surface area contributed by atoms with Gasteiger partial charge in [-0.3, -0.25) is 0 Å². The summed E-state index contributed by atoms with van der Waals surface area (Å²) < 4.78 is 12.1. The first-order chi connectivity index (χ1) is 11.8. The highest BCUT2D eigenvalue weighted by atomic mass is 79.9. The number of thiophene rings is 1. The van der Waals surface area contributed by atoms with Gasteiger partial charge < -0.3 is 8.94 Å². The second-order valence-electron chi connectivity index (χ2n) is 5.67. The van der Waals surface area contributed by atoms with E-state index in [4.69, 9.17) is 8.94 Å². The Morgan fingerprint density at radius 1 is 1.25 bits per heavy atom. The van der Waals surface area contributed by atoms with Gasteiger partial charge in [-0.25, -0.2) is 0 Å². The summed E-state index contributed by atoms with van der Waals surface area (Å²) in [5, 5.41) is 14.9. The molecule has 0 radical (unpaired) electrons. The predicted octanol–water partition coefficient (Wildman–Crippen LogP) is 5.28. The number of thioether (sulfide) groups is 1. The Morgan fingerprint density at radius 3 is 2.92 bits per heavy atom. The molecule has 4 rings (SSSR count). The molecule has 1 fully saturated rings. The maximum absolute atomic E-state index is 5.79. The van der Waals surface area contributed by atoms with Crippen LogP contribution in [-0.2, 0) is 5.75 Å². The molecule has 9 heteroatoms. The van der Waals surface area contributed by atoms with Gasteiger partial charge in [-0.05, 0) is 34.8 Å². The van der Waals surface area contributed by atoms with Crippen LogP contribution in [0.2, 0.25) is 0 Å². The van der Waals surface area contributed by atoms with Crippen molar-refractivity contribution in [2.45, 2.75) is 49.0 Å². The molecule has 0 atom stereocenters. The zero-order valence-corrected chi connectivity index (χ0v) is 16.0. The van der Waals surface area contributed by atoms with Gasteiger partial charge in [0.2, 0.25) is 17.6 Å². The number of halogens is 1. The summed E-state index contributed by atoms with van der Waals surface area (Å²) in [6, 6.07) is 1.97. The van der Waals surface area contributed by atoms with Gasteiger partial charge in [0.25, 0.3) is 5.22 Å². The van der Waals surface area contributed by atoms with Gasteiger partial charge in [0.15, 0.2) is 0 Å². The second kappa shape index (κ2) is 7.37. The molecule has 126 valence electrons. The molecule has 6 nitrogen and oxygen atoms in total. The standard InChI is InChI=1S/C15H15BrN4O2S2/c16-10-6-11(23-7-10)13-17-12(22-20-13)8-24-15-19-18-14(21-15)9-4-2-1-3-5-9/h6-7,9H,1-5,8H2. The summed E-state index contributed by atoms with van der Waals surface area (Å²) in [7, 11) is 0. The summed E-state index contributed by atoms with van der Waals surface area (Å²) >= 11 is 6.42. The Bertz CT molecular complexity index is 810. The molecule has 24 heavy (non-hydrogen) atoms. The maximum atomic E-state index is 5.79. The van der Waals surface area contributed by atoms with Gasteiger partial charge in [0, 0.05) is 15.8 Å². The van der Waals surface area contributed by atoms with E-state index in [0.717, 1.165) is 28.1 Å². The minimum atomic E-state index is 0.424. The van der Waals surface area contributed by atoms with Crippen molar-refractivity contribution >= 4 is 39.0 Å². The van der Waals surface area contributed by atoms with Crippen LogP contribution in [0.4, 0.5) is 0 Å². The molecular formula is C15H15BrN4O2S2. The van der Waals surface area contributed by atoms with Gasteiger partial charge in [-0.2, -0.15) is 4.98 Å². The van der Waals surface area contributed by atoms with E-state index in [1.807, 2.05) is 11.4 Å². The smallest absolute Gasteiger partial charge is 0.277 e. The molecule has 3 heterocycles. The van der Waals surface area contributed by atoms with E-state index in [2.05, 4.69) is 36.3 Å². The number of rotatable bonds is 5. The summed E-state index contributed by atoms with van der Waals surface area (Å²) in [6.45, 7) is 0. The fraction of sp³-hybridized carbons (Fsp3) is 0.467. The largest absolute Gasteiger partial charge is 0.416 e. The SMILES string of the molecule is Brc1csc(-c2noc(CSc3nnc(C4CCCCC4)o3)n2)c1. The summed E-state index contributed by atoms with van der Waals surface area (Å²) in [5.74, 6) is 2.87. The van der Waals surface area contributed by atoms with Crippen molar-refractivity contribution < 1.29 is 8.94 Å². The van der Waals surface area contributed by atoms with Gasteiger partial charge >= 0.3 is 0 Å². The van der Waals surface area contributed by atoms with E-state index in [0.29, 0.717) is 28.6 Å². The van der Waals surface area contributed by atoms with Gasteiger partial charge in [0.05, 0.1) is 10.6 Å². The number of aromatic nitrogens is 4. The Labute approximate surface area is 155 Å². The Hall–Kier alpha value is -1.19. The van der Waals surface area contributed by atoms with Crippen LogP contribution >= 0.6 is 39.0 Å². The summed E-state index contributed by atoms with van der Waals surface area (Å²) in [4.78, 5) is 5.38. The minimum absolute atomic E-state index is 0.424. The fourth-order valence-electron chi connectivity index (χ4n) is 2.76. The van der Waals surface area contributed by atoms with Crippen LogP contribution in [0.1, 0.15) is 49.8 Å². The lowest BCUT2D eigenvalue weighted by Gasteiger charge is -2.17. The van der Waals surface area contributed by atoms with E-state index < -0.39 is 0 Å². The van der Waals surface area contributed by atoms with E-state index in [-0.39, 0.29) is 0 Å². The van der Waals surface area contributed by atoms with Crippen LogP contribution in [0.5, 0.6) is 0 Å². The third-order valence-corrected chi connectivity index (χ3v) is 6.44. The zero-order valence-electron chi connectivity index (χ0n) is 12.8. The summed E-state index contributed by atoms with van der Waals surface area (Å²) in [6.07, 6.45) is 6.11. The first-order valence-electron chi connectivity index (χ1n) is 7.81. The van der Waals surface area contributed by atoms with Gasteiger partial charge in [-0.1, -0.05) is 36.2 Å². The Kier molecular flexibility index (Phi) is 5.00. The summed E-state index contributed by atoms with van der Waals surface area (Å²) in [5.41, 5.74) is 0. The molecule has 0 bridgehead atoms. The molecule has 3 aromatic rings. The topological polar surface area (TPSA) is 77.8 Å². The molecule has 0 unspecified atom stereocenters. The predicted molar refractivity (Wildman–Crippen MR) is 95.0 cm³/mol. The van der Waals surface area contributed by atoms with Crippen molar-refractivity contribution in [2.75, 3.05) is 0 Å². The van der Waals surface area contributed by atoms with Crippen LogP contribution in [0.3, 0.4) is 0 Å². The highest BCUT2D eigenvalue weighted by molar-refractivity contribution is 9.10. The Morgan fingerprint density at radius 2 is 2.12 bits per heavy atom. The van der Waals surface area contributed by atoms with Crippen LogP contribution < -0.4 is 0 Å². The van der Waals surface area contributed by atoms with Crippen LogP contribution in [0, 0.1) is 0 Å². The minimum Gasteiger partial charge on any atom is -0.416 e. The molecule has 0 aliphatic heterocycles. The highest BCUT2D eigenvalue weighted by Gasteiger charge is 2.21. The van der Waals surface area contributed by atoms with E-state index >= 15 is 0 Å². The number of nitrogens with zero attached hydrogens (tertiary/aromatic N) is 4. The molecule has 0 saturated heterocycles. The molecule has 1 aliphatic rings. The quantitative estimate of drug-likeness (QED) is 0.513. The number of hydrogen-bond donors (Lipinski definition) is 0. The maximum Gasteiger partial charge on any atom is 0.277 e. The monoisotopic (exact) mass is 426 g/mol. The van der Waals surface area contributed by atoms with E-state index in [1.165, 1.54) is 31.0 Å². The van der Waals surface area contributed by atoms with Crippen molar-refractivity contribution in [1.29, 1.82) is 0 Å². The van der Waals surface area contributed by atoms with Gasteiger partial charge in [0.1, 0.15) is 0 Å². The highest BCUT2D eigenvalue weighted by Crippen LogP contribution is 2.33. The van der Waals surface area contributed by atoms with E-state index in [9.17, 15) is 0 Å². The molecule has 0 spiro atoms. The Balaban J connectivity index is 1.37. The molecule has 1 saturated carbocycles. The van der Waals surface area contributed by atoms with Gasteiger partial charge in [-0.15, -0.1) is 21.5 Å². The van der Waals surface area contributed by atoms with Crippen molar-refractivity contribution in [3.8, 4) is 10.7 Å². The van der Waals surface area contributed by atoms with E-state index in [1.54, 1.807) is 11.3 Å². The second-order valence-corrected chi connectivity index (χ2v) is 8.42. The first-order valence-corrected chi connectivity index (χ1v) is 10.5. The van der Waals surface area contributed by atoms with Crippen LogP contribution in [0.15, 0.2) is 30.1 Å². The van der Waals surface area contributed by atoms with Crippen molar-refractivity contribution in [1.82, 2.24) is 20.3 Å². The average Bonchev–Trinajstić information content (AvgIpc) is 3.34. The third kappa shape index (κ3) is 3.73. The average molecular weight is 427 g/mol. The van der Waals surface area contributed by atoms with Crippen LogP contribution in [0.25, 0.3) is 10.7 Å². The molecule has 0 amide bonds. The van der Waals surface area contributed by atoms with Crippen molar-refractivity contribution in [3.63, 3.8) is 0 Å². The number of hydrogen-bond acceptors (Lipinski definition) is 8. The molecule has 0 N–H and O–H groups in total. The molecular weight excluding hydrogens is 412 g/mol. The lowest BCUT2D eigenvalue weighted by Crippen LogP contribution is -2.04. The lowest BCUT2D eigenvalue weighted by molar-refractivity contribution is 0.334. The fourth-order valence-corrected chi connectivity index (χ4v) is 4.72. The zero-order chi connectivity index (χ0) is 16.4. The van der Waals surface area contributed by atoms with Crippen LogP contribution in [-0.4, -0.2) is 20.3 Å². The molecule has 0 aromatic carbocycles. The van der Waals surface area contributed by atoms with Crippen molar-refractivity contribution in [2.24, 2.45) is 0 Å².